The van der Waals surface area contributed by atoms with Gasteiger partial charge in [0.25, 0.3) is 0 Å². The van der Waals surface area contributed by atoms with E-state index in [0.29, 0.717) is 5.69 Å². The lowest BCUT2D eigenvalue weighted by Crippen LogP contribution is -2.24. The average molecular weight is 245 g/mol. The van der Waals surface area contributed by atoms with Crippen molar-refractivity contribution in [1.82, 2.24) is 0 Å². The van der Waals surface area contributed by atoms with Gasteiger partial charge in [-0.2, -0.15) is 0 Å². The SMILES string of the molecule is C[C@@H](O)[C@@H](N)c1cc(Br)ccc1N. The van der Waals surface area contributed by atoms with Crippen molar-refractivity contribution in [1.29, 1.82) is 0 Å². The van der Waals surface area contributed by atoms with Crippen LogP contribution in [0.15, 0.2) is 22.7 Å². The Morgan fingerprint density at radius 3 is 2.62 bits per heavy atom. The summed E-state index contributed by atoms with van der Waals surface area (Å²) in [5.74, 6) is 0. The van der Waals surface area contributed by atoms with Crippen molar-refractivity contribution in [2.24, 2.45) is 5.73 Å². The largest absolute Gasteiger partial charge is 0.398 e. The van der Waals surface area contributed by atoms with Crippen LogP contribution in [-0.4, -0.2) is 11.2 Å². The van der Waals surface area contributed by atoms with Crippen molar-refractivity contribution in [2.45, 2.75) is 19.1 Å². The fraction of sp³-hybridized carbons (Fsp3) is 0.333. The minimum Gasteiger partial charge on any atom is -0.398 e. The number of aliphatic hydroxyl groups excluding tert-OH is 1. The minimum absolute atomic E-state index is 0.433. The standard InChI is InChI=1S/C9H13BrN2O/c1-5(13)9(12)7-4-6(10)2-3-8(7)11/h2-5,9,13H,11-12H2,1H3/t5-,9-/m1/s1. The first-order chi connectivity index (χ1) is 6.02. The molecule has 1 aromatic carbocycles. The highest BCUT2D eigenvalue weighted by Crippen LogP contribution is 2.24. The summed E-state index contributed by atoms with van der Waals surface area (Å²) in [6, 6.07) is 5.00. The van der Waals surface area contributed by atoms with Crippen LogP contribution in [0.2, 0.25) is 0 Å². The number of nitrogen functional groups attached to an aromatic ring is 1. The highest BCUT2D eigenvalue weighted by Gasteiger charge is 2.14. The van der Waals surface area contributed by atoms with Crippen molar-refractivity contribution in [3.8, 4) is 0 Å². The van der Waals surface area contributed by atoms with Gasteiger partial charge < -0.3 is 16.6 Å². The molecule has 0 unspecified atom stereocenters. The molecule has 0 saturated heterocycles. The molecular formula is C9H13BrN2O. The molecule has 2 atom stereocenters. The molecule has 0 aliphatic rings. The van der Waals surface area contributed by atoms with E-state index >= 15 is 0 Å². The number of aliphatic hydroxyl groups is 1. The van der Waals surface area contributed by atoms with Crippen molar-refractivity contribution < 1.29 is 5.11 Å². The molecule has 13 heavy (non-hydrogen) atoms. The molecule has 72 valence electrons. The van der Waals surface area contributed by atoms with E-state index in [2.05, 4.69) is 15.9 Å². The van der Waals surface area contributed by atoms with Crippen molar-refractivity contribution in [2.75, 3.05) is 5.73 Å². The number of rotatable bonds is 2. The second kappa shape index (κ2) is 4.09. The van der Waals surface area contributed by atoms with E-state index in [0.717, 1.165) is 10.0 Å². The maximum atomic E-state index is 9.29. The molecule has 0 fully saturated rings. The maximum Gasteiger partial charge on any atom is 0.0705 e. The van der Waals surface area contributed by atoms with E-state index in [-0.39, 0.29) is 0 Å². The fourth-order valence-electron chi connectivity index (χ4n) is 1.09. The minimum atomic E-state index is -0.600. The van der Waals surface area contributed by atoms with Gasteiger partial charge in [-0.05, 0) is 30.7 Å². The predicted molar refractivity (Wildman–Crippen MR) is 57.2 cm³/mol. The Morgan fingerprint density at radius 2 is 2.08 bits per heavy atom. The smallest absolute Gasteiger partial charge is 0.0705 e. The molecule has 0 spiro atoms. The van der Waals surface area contributed by atoms with Gasteiger partial charge in [-0.3, -0.25) is 0 Å². The van der Waals surface area contributed by atoms with Crippen molar-refractivity contribution in [3.63, 3.8) is 0 Å². The summed E-state index contributed by atoms with van der Waals surface area (Å²) in [4.78, 5) is 0. The van der Waals surface area contributed by atoms with Gasteiger partial charge in [0.05, 0.1) is 12.1 Å². The van der Waals surface area contributed by atoms with Gasteiger partial charge in [-0.15, -0.1) is 0 Å². The summed E-state index contributed by atoms with van der Waals surface area (Å²) in [6.45, 7) is 1.64. The topological polar surface area (TPSA) is 72.3 Å². The lowest BCUT2D eigenvalue weighted by molar-refractivity contribution is 0.164. The second-order valence-electron chi connectivity index (χ2n) is 3.04. The quantitative estimate of drug-likeness (QED) is 0.690. The fourth-order valence-corrected chi connectivity index (χ4v) is 1.47. The van der Waals surface area contributed by atoms with Crippen molar-refractivity contribution >= 4 is 21.6 Å². The predicted octanol–water partition coefficient (Wildman–Crippen LogP) is 1.41. The Labute approximate surface area is 85.9 Å². The second-order valence-corrected chi connectivity index (χ2v) is 3.96. The molecule has 0 aromatic heterocycles. The lowest BCUT2D eigenvalue weighted by atomic mass is 10.0. The summed E-state index contributed by atoms with van der Waals surface area (Å²) in [7, 11) is 0. The first-order valence-corrected chi connectivity index (χ1v) is 4.80. The van der Waals surface area contributed by atoms with Gasteiger partial charge in [0, 0.05) is 10.2 Å². The van der Waals surface area contributed by atoms with Crippen molar-refractivity contribution in [3.05, 3.63) is 28.2 Å². The van der Waals surface area contributed by atoms with E-state index < -0.39 is 12.1 Å². The lowest BCUT2D eigenvalue weighted by Gasteiger charge is -2.17. The Kier molecular flexibility index (Phi) is 3.30. The third-order valence-corrected chi connectivity index (χ3v) is 2.42. The third-order valence-electron chi connectivity index (χ3n) is 1.93. The van der Waals surface area contributed by atoms with Crippen LogP contribution in [0.25, 0.3) is 0 Å². The van der Waals surface area contributed by atoms with E-state index in [1.807, 2.05) is 12.1 Å². The van der Waals surface area contributed by atoms with Crippen LogP contribution < -0.4 is 11.5 Å². The van der Waals surface area contributed by atoms with Gasteiger partial charge in [-0.1, -0.05) is 15.9 Å². The first kappa shape index (κ1) is 10.5. The molecule has 0 amide bonds. The average Bonchev–Trinajstić information content (AvgIpc) is 2.08. The molecule has 1 aromatic rings. The van der Waals surface area contributed by atoms with Gasteiger partial charge in [0.1, 0.15) is 0 Å². The number of halogens is 1. The third kappa shape index (κ3) is 2.43. The summed E-state index contributed by atoms with van der Waals surface area (Å²) in [5, 5.41) is 9.29. The van der Waals surface area contributed by atoms with Gasteiger partial charge in [-0.25, -0.2) is 0 Å². The summed E-state index contributed by atoms with van der Waals surface area (Å²) >= 11 is 3.32. The zero-order valence-electron chi connectivity index (χ0n) is 7.37. The van der Waals surface area contributed by atoms with Crippen LogP contribution >= 0.6 is 15.9 Å². The van der Waals surface area contributed by atoms with Crippen LogP contribution in [0.4, 0.5) is 5.69 Å². The Bertz CT molecular complexity index is 302. The van der Waals surface area contributed by atoms with E-state index in [1.54, 1.807) is 13.0 Å². The molecular weight excluding hydrogens is 232 g/mol. The molecule has 1 rings (SSSR count). The number of hydrogen-bond donors (Lipinski definition) is 3. The first-order valence-electron chi connectivity index (χ1n) is 4.01. The maximum absolute atomic E-state index is 9.29. The Balaban J connectivity index is 3.05. The number of hydrogen-bond acceptors (Lipinski definition) is 3. The van der Waals surface area contributed by atoms with Gasteiger partial charge in [0.15, 0.2) is 0 Å². The molecule has 0 saturated carbocycles. The van der Waals surface area contributed by atoms with E-state index in [9.17, 15) is 5.11 Å². The van der Waals surface area contributed by atoms with Crippen LogP contribution in [0.5, 0.6) is 0 Å². The van der Waals surface area contributed by atoms with Crippen LogP contribution in [0, 0.1) is 0 Å². The molecule has 0 bridgehead atoms. The Morgan fingerprint density at radius 1 is 1.46 bits per heavy atom. The normalized spacial score (nSPS) is 15.4. The highest BCUT2D eigenvalue weighted by atomic mass is 79.9. The summed E-state index contributed by atoms with van der Waals surface area (Å²) < 4.78 is 0.910. The number of anilines is 1. The number of benzene rings is 1. The molecule has 5 N–H and O–H groups in total. The monoisotopic (exact) mass is 244 g/mol. The van der Waals surface area contributed by atoms with Gasteiger partial charge >= 0.3 is 0 Å². The zero-order chi connectivity index (χ0) is 10.0. The molecule has 0 radical (unpaired) electrons. The van der Waals surface area contributed by atoms with Crippen LogP contribution in [0.1, 0.15) is 18.5 Å². The molecule has 4 heteroatoms. The van der Waals surface area contributed by atoms with Gasteiger partial charge in [0.2, 0.25) is 0 Å². The van der Waals surface area contributed by atoms with Crippen LogP contribution in [-0.2, 0) is 0 Å². The molecule has 0 heterocycles. The van der Waals surface area contributed by atoms with E-state index in [4.69, 9.17) is 11.5 Å². The van der Waals surface area contributed by atoms with E-state index in [1.165, 1.54) is 0 Å². The van der Waals surface area contributed by atoms with Crippen LogP contribution in [0.3, 0.4) is 0 Å². The molecule has 3 nitrogen and oxygen atoms in total. The Hall–Kier alpha value is -0.580. The zero-order valence-corrected chi connectivity index (χ0v) is 8.95. The summed E-state index contributed by atoms with van der Waals surface area (Å²) in [5.41, 5.74) is 12.8. The number of nitrogens with two attached hydrogens (primary N) is 2. The molecule has 0 aliphatic heterocycles. The highest BCUT2D eigenvalue weighted by molar-refractivity contribution is 9.10. The summed E-state index contributed by atoms with van der Waals surface area (Å²) in [6.07, 6.45) is -0.600. The molecule has 0 aliphatic carbocycles.